The highest BCUT2D eigenvalue weighted by molar-refractivity contribution is 5.22. The van der Waals surface area contributed by atoms with Gasteiger partial charge in [0.1, 0.15) is 0 Å². The van der Waals surface area contributed by atoms with Crippen LogP contribution in [0.3, 0.4) is 0 Å². The smallest absolute Gasteiger partial charge is 0.331 e. The minimum absolute atomic E-state index is 0.0944. The molecule has 106 valence electrons. The Morgan fingerprint density at radius 1 is 1.37 bits per heavy atom. The molecule has 2 N–H and O–H groups in total. The van der Waals surface area contributed by atoms with Gasteiger partial charge in [0.25, 0.3) is 5.56 Å². The molecule has 0 spiro atoms. The number of rotatable bonds is 3. The molecular weight excluding hydrogens is 248 g/mol. The first kappa shape index (κ1) is 13.9. The van der Waals surface area contributed by atoms with Crippen LogP contribution in [0, 0.1) is 5.41 Å². The van der Waals surface area contributed by atoms with Gasteiger partial charge in [0.15, 0.2) is 0 Å². The fourth-order valence-corrected chi connectivity index (χ4v) is 2.47. The van der Waals surface area contributed by atoms with E-state index < -0.39 is 11.2 Å². The van der Waals surface area contributed by atoms with Crippen LogP contribution < -0.4 is 11.2 Å². The van der Waals surface area contributed by atoms with Crippen LogP contribution in [0.2, 0.25) is 0 Å². The Balaban J connectivity index is 2.40. The largest absolute Gasteiger partial charge is 0.494 e. The van der Waals surface area contributed by atoms with Crippen molar-refractivity contribution in [3.05, 3.63) is 26.4 Å². The van der Waals surface area contributed by atoms with Gasteiger partial charge in [0.05, 0.1) is 5.56 Å². The highest BCUT2D eigenvalue weighted by atomic mass is 16.5. The van der Waals surface area contributed by atoms with Gasteiger partial charge < -0.3 is 9.84 Å². The second kappa shape index (κ2) is 5.21. The van der Waals surface area contributed by atoms with E-state index in [0.717, 1.165) is 12.8 Å². The Hall–Kier alpha value is -1.56. The molecule has 0 aliphatic carbocycles. The average Bonchev–Trinajstić information content (AvgIpc) is 2.36. The predicted octanol–water partition coefficient (Wildman–Crippen LogP) is 0.621. The minimum Gasteiger partial charge on any atom is -0.494 e. The Morgan fingerprint density at radius 2 is 2.00 bits per heavy atom. The van der Waals surface area contributed by atoms with Crippen LogP contribution >= 0.6 is 0 Å². The molecule has 0 radical (unpaired) electrons. The van der Waals surface area contributed by atoms with Crippen molar-refractivity contribution in [1.29, 1.82) is 0 Å². The zero-order chi connectivity index (χ0) is 14.0. The summed E-state index contributed by atoms with van der Waals surface area (Å²) >= 11 is 0. The number of ether oxygens (including phenoxy) is 1. The summed E-state index contributed by atoms with van der Waals surface area (Å²) in [5, 5.41) is 10.1. The summed E-state index contributed by atoms with van der Waals surface area (Å²) in [7, 11) is 0. The lowest BCUT2D eigenvalue weighted by atomic mass is 9.82. The van der Waals surface area contributed by atoms with Gasteiger partial charge in [-0.25, -0.2) is 4.79 Å². The maximum atomic E-state index is 11.9. The molecule has 1 saturated heterocycles. The van der Waals surface area contributed by atoms with E-state index in [1.165, 1.54) is 4.57 Å². The van der Waals surface area contributed by atoms with Gasteiger partial charge in [-0.1, -0.05) is 13.8 Å². The van der Waals surface area contributed by atoms with E-state index in [1.54, 1.807) is 6.92 Å². The van der Waals surface area contributed by atoms with Crippen molar-refractivity contribution < 1.29 is 9.84 Å². The zero-order valence-corrected chi connectivity index (χ0v) is 11.4. The zero-order valence-electron chi connectivity index (χ0n) is 11.4. The molecule has 1 aromatic rings. The highest BCUT2D eigenvalue weighted by Crippen LogP contribution is 2.32. The second-order valence-corrected chi connectivity index (χ2v) is 5.42. The first-order chi connectivity index (χ1) is 8.97. The van der Waals surface area contributed by atoms with Gasteiger partial charge in [-0.15, -0.1) is 0 Å². The van der Waals surface area contributed by atoms with Gasteiger partial charge in [-0.2, -0.15) is 0 Å². The summed E-state index contributed by atoms with van der Waals surface area (Å²) in [5.74, 6) is -0.205. The topological polar surface area (TPSA) is 84.3 Å². The Morgan fingerprint density at radius 3 is 2.58 bits per heavy atom. The van der Waals surface area contributed by atoms with E-state index in [4.69, 9.17) is 4.74 Å². The monoisotopic (exact) mass is 268 g/mol. The summed E-state index contributed by atoms with van der Waals surface area (Å²) in [4.78, 5) is 25.7. The summed E-state index contributed by atoms with van der Waals surface area (Å²) in [6, 6.07) is 0. The lowest BCUT2D eigenvalue weighted by Crippen LogP contribution is -2.38. The fraction of sp³-hybridized carbons (Fsp3) is 0.692. The molecule has 2 heterocycles. The van der Waals surface area contributed by atoms with Gasteiger partial charge in [0.2, 0.25) is 5.88 Å². The van der Waals surface area contributed by atoms with Crippen LogP contribution in [-0.2, 0) is 17.7 Å². The van der Waals surface area contributed by atoms with Crippen LogP contribution in [0.4, 0.5) is 0 Å². The molecule has 6 nitrogen and oxygen atoms in total. The van der Waals surface area contributed by atoms with Gasteiger partial charge >= 0.3 is 5.69 Å². The Labute approximate surface area is 111 Å². The number of nitrogens with one attached hydrogen (secondary N) is 1. The van der Waals surface area contributed by atoms with Crippen molar-refractivity contribution in [2.24, 2.45) is 5.41 Å². The minimum atomic E-state index is -0.549. The van der Waals surface area contributed by atoms with E-state index >= 15 is 0 Å². The third-order valence-corrected chi connectivity index (χ3v) is 3.86. The summed E-state index contributed by atoms with van der Waals surface area (Å²) in [5.41, 5.74) is -0.885. The number of aromatic nitrogens is 2. The van der Waals surface area contributed by atoms with E-state index in [9.17, 15) is 14.7 Å². The molecule has 1 aliphatic heterocycles. The number of hydrogen-bond donors (Lipinski definition) is 2. The van der Waals surface area contributed by atoms with Crippen LogP contribution in [0.1, 0.15) is 32.3 Å². The predicted molar refractivity (Wildman–Crippen MR) is 70.5 cm³/mol. The lowest BCUT2D eigenvalue weighted by molar-refractivity contribution is 0.0137. The van der Waals surface area contributed by atoms with Crippen molar-refractivity contribution in [2.75, 3.05) is 13.2 Å². The molecule has 0 aromatic carbocycles. The molecule has 0 saturated carbocycles. The third-order valence-electron chi connectivity index (χ3n) is 3.86. The van der Waals surface area contributed by atoms with Crippen molar-refractivity contribution in [1.82, 2.24) is 9.55 Å². The van der Waals surface area contributed by atoms with Crippen molar-refractivity contribution in [3.8, 4) is 5.88 Å². The molecule has 2 rings (SSSR count). The van der Waals surface area contributed by atoms with Gasteiger partial charge in [0, 0.05) is 19.8 Å². The standard InChI is InChI=1S/C13H20N2O4/c1-3-9-10(16)14-12(18)15(11(9)17)8-13(2)4-6-19-7-5-13/h17H,3-8H2,1-2H3,(H,14,16,18). The average molecular weight is 268 g/mol. The Kier molecular flexibility index (Phi) is 3.80. The van der Waals surface area contributed by atoms with Gasteiger partial charge in [-0.3, -0.25) is 14.3 Å². The van der Waals surface area contributed by atoms with E-state index in [0.29, 0.717) is 26.2 Å². The van der Waals surface area contributed by atoms with Crippen LogP contribution in [0.25, 0.3) is 0 Å². The highest BCUT2D eigenvalue weighted by Gasteiger charge is 2.29. The van der Waals surface area contributed by atoms with Crippen molar-refractivity contribution >= 4 is 0 Å². The third kappa shape index (κ3) is 2.73. The fourth-order valence-electron chi connectivity index (χ4n) is 2.47. The molecular formula is C13H20N2O4. The van der Waals surface area contributed by atoms with Crippen LogP contribution in [0.15, 0.2) is 9.59 Å². The maximum Gasteiger partial charge on any atom is 0.331 e. The first-order valence-corrected chi connectivity index (χ1v) is 6.59. The maximum absolute atomic E-state index is 11.9. The molecule has 1 fully saturated rings. The molecule has 1 aromatic heterocycles. The number of hydrogen-bond acceptors (Lipinski definition) is 4. The molecule has 0 bridgehead atoms. The molecule has 0 atom stereocenters. The van der Waals surface area contributed by atoms with E-state index in [1.807, 2.05) is 0 Å². The summed E-state index contributed by atoms with van der Waals surface area (Å²) in [6.45, 7) is 5.56. The number of aromatic hydroxyl groups is 1. The van der Waals surface area contributed by atoms with Crippen molar-refractivity contribution in [2.45, 2.75) is 39.7 Å². The van der Waals surface area contributed by atoms with Crippen molar-refractivity contribution in [3.63, 3.8) is 0 Å². The van der Waals surface area contributed by atoms with Gasteiger partial charge in [-0.05, 0) is 24.7 Å². The molecule has 1 aliphatic rings. The van der Waals surface area contributed by atoms with Crippen LogP contribution in [-0.4, -0.2) is 27.9 Å². The van der Waals surface area contributed by atoms with E-state index in [2.05, 4.69) is 11.9 Å². The SMILES string of the molecule is CCc1c(O)n(CC2(C)CCOCC2)c(=O)[nH]c1=O. The van der Waals surface area contributed by atoms with E-state index in [-0.39, 0.29) is 16.9 Å². The first-order valence-electron chi connectivity index (χ1n) is 6.59. The molecule has 0 amide bonds. The quantitative estimate of drug-likeness (QED) is 0.841. The summed E-state index contributed by atoms with van der Waals surface area (Å²) < 4.78 is 6.59. The number of H-pyrrole nitrogens is 1. The second-order valence-electron chi connectivity index (χ2n) is 5.42. The summed E-state index contributed by atoms with van der Waals surface area (Å²) in [6.07, 6.45) is 2.06. The molecule has 19 heavy (non-hydrogen) atoms. The molecule has 0 unspecified atom stereocenters. The normalized spacial score (nSPS) is 18.4. The Bertz CT molecular complexity index is 567. The number of nitrogens with zero attached hydrogens (tertiary/aromatic N) is 1. The lowest BCUT2D eigenvalue weighted by Gasteiger charge is -2.34. The van der Waals surface area contributed by atoms with Crippen LogP contribution in [0.5, 0.6) is 5.88 Å². The number of aromatic amines is 1. The molecule has 6 heteroatoms.